The van der Waals surface area contributed by atoms with E-state index in [-0.39, 0.29) is 17.9 Å². The second-order valence-corrected chi connectivity index (χ2v) is 4.13. The lowest BCUT2D eigenvalue weighted by Crippen LogP contribution is -2.27. The van der Waals surface area contributed by atoms with E-state index in [1.807, 2.05) is 0 Å². The standard InChI is InChI=1S/C13H16FNO4/c1-8(13(17)18)5-6-15-12(16)9-3-4-10(14)11(7-9)19-2/h3-4,7-8H,5-6H2,1-2H3,(H,15,16)(H,17,18). The molecule has 0 aromatic heterocycles. The fraction of sp³-hybridized carbons (Fsp3) is 0.385. The van der Waals surface area contributed by atoms with Crippen LogP contribution >= 0.6 is 0 Å². The molecule has 104 valence electrons. The smallest absolute Gasteiger partial charge is 0.306 e. The van der Waals surface area contributed by atoms with E-state index in [4.69, 9.17) is 9.84 Å². The number of carboxylic acid groups (broad SMARTS) is 1. The van der Waals surface area contributed by atoms with Crippen LogP contribution in [0, 0.1) is 11.7 Å². The normalized spacial score (nSPS) is 11.7. The number of rotatable bonds is 6. The van der Waals surface area contributed by atoms with Gasteiger partial charge in [0.2, 0.25) is 0 Å². The summed E-state index contributed by atoms with van der Waals surface area (Å²) >= 11 is 0. The fourth-order valence-corrected chi connectivity index (χ4v) is 1.43. The quantitative estimate of drug-likeness (QED) is 0.823. The van der Waals surface area contributed by atoms with E-state index in [0.29, 0.717) is 6.42 Å². The van der Waals surface area contributed by atoms with Gasteiger partial charge in [0, 0.05) is 12.1 Å². The van der Waals surface area contributed by atoms with Crippen molar-refractivity contribution in [3.8, 4) is 5.75 Å². The van der Waals surface area contributed by atoms with E-state index in [0.717, 1.165) is 6.07 Å². The molecule has 0 bridgehead atoms. The molecule has 6 heteroatoms. The lowest BCUT2D eigenvalue weighted by Gasteiger charge is -2.09. The molecule has 0 saturated heterocycles. The highest BCUT2D eigenvalue weighted by molar-refractivity contribution is 5.94. The Kier molecular flexibility index (Phi) is 5.29. The topological polar surface area (TPSA) is 75.6 Å². The number of methoxy groups -OCH3 is 1. The molecule has 1 aromatic carbocycles. The van der Waals surface area contributed by atoms with Gasteiger partial charge in [-0.3, -0.25) is 9.59 Å². The number of hydrogen-bond acceptors (Lipinski definition) is 3. The zero-order valence-electron chi connectivity index (χ0n) is 10.8. The van der Waals surface area contributed by atoms with Crippen molar-refractivity contribution in [1.82, 2.24) is 5.32 Å². The molecule has 0 spiro atoms. The minimum Gasteiger partial charge on any atom is -0.494 e. The van der Waals surface area contributed by atoms with Crippen LogP contribution in [0.5, 0.6) is 5.75 Å². The number of aliphatic carboxylic acids is 1. The number of carbonyl (C=O) groups excluding carboxylic acids is 1. The molecule has 19 heavy (non-hydrogen) atoms. The second-order valence-electron chi connectivity index (χ2n) is 4.13. The van der Waals surface area contributed by atoms with Crippen LogP contribution in [-0.4, -0.2) is 30.6 Å². The largest absolute Gasteiger partial charge is 0.494 e. The highest BCUT2D eigenvalue weighted by Crippen LogP contribution is 2.18. The molecule has 0 aliphatic carbocycles. The summed E-state index contributed by atoms with van der Waals surface area (Å²) in [5.41, 5.74) is 0.265. The second kappa shape index (κ2) is 6.72. The molecular formula is C13H16FNO4. The maximum absolute atomic E-state index is 13.2. The molecule has 5 nitrogen and oxygen atoms in total. The van der Waals surface area contributed by atoms with Crippen molar-refractivity contribution in [3.63, 3.8) is 0 Å². The first kappa shape index (κ1) is 14.9. The van der Waals surface area contributed by atoms with Crippen LogP contribution < -0.4 is 10.1 Å². The summed E-state index contributed by atoms with van der Waals surface area (Å²) in [5.74, 6) is -2.37. The van der Waals surface area contributed by atoms with Crippen molar-refractivity contribution in [3.05, 3.63) is 29.6 Å². The molecule has 0 radical (unpaired) electrons. The number of carboxylic acids is 1. The number of benzene rings is 1. The van der Waals surface area contributed by atoms with E-state index >= 15 is 0 Å². The Bertz CT molecular complexity index is 476. The first-order valence-electron chi connectivity index (χ1n) is 5.80. The molecule has 0 fully saturated rings. The number of halogens is 1. The first-order chi connectivity index (χ1) is 8.95. The van der Waals surface area contributed by atoms with Gasteiger partial charge < -0.3 is 15.2 Å². The molecule has 2 N–H and O–H groups in total. The summed E-state index contributed by atoms with van der Waals surface area (Å²) < 4.78 is 17.9. The van der Waals surface area contributed by atoms with Gasteiger partial charge in [0.15, 0.2) is 11.6 Å². The maximum Gasteiger partial charge on any atom is 0.306 e. The average molecular weight is 269 g/mol. The maximum atomic E-state index is 13.2. The fourth-order valence-electron chi connectivity index (χ4n) is 1.43. The number of carbonyl (C=O) groups is 2. The van der Waals surface area contributed by atoms with Crippen LogP contribution in [0.2, 0.25) is 0 Å². The highest BCUT2D eigenvalue weighted by Gasteiger charge is 2.13. The summed E-state index contributed by atoms with van der Waals surface area (Å²) in [7, 11) is 1.31. The summed E-state index contributed by atoms with van der Waals surface area (Å²) in [5, 5.41) is 11.3. The first-order valence-corrected chi connectivity index (χ1v) is 5.80. The lowest BCUT2D eigenvalue weighted by atomic mass is 10.1. The Morgan fingerprint density at radius 2 is 2.16 bits per heavy atom. The Hall–Kier alpha value is -2.11. The number of hydrogen-bond donors (Lipinski definition) is 2. The van der Waals surface area contributed by atoms with E-state index in [2.05, 4.69) is 5.32 Å². The van der Waals surface area contributed by atoms with Crippen molar-refractivity contribution < 1.29 is 23.8 Å². The van der Waals surface area contributed by atoms with E-state index in [1.165, 1.54) is 19.2 Å². The SMILES string of the molecule is COc1cc(C(=O)NCCC(C)C(=O)O)ccc1F. The lowest BCUT2D eigenvalue weighted by molar-refractivity contribution is -0.141. The third kappa shape index (κ3) is 4.24. The van der Waals surface area contributed by atoms with Gasteiger partial charge in [-0.2, -0.15) is 0 Å². The Labute approximate surface area is 110 Å². The molecule has 1 unspecified atom stereocenters. The highest BCUT2D eigenvalue weighted by atomic mass is 19.1. The Balaban J connectivity index is 2.56. The minimum absolute atomic E-state index is 0.00782. The Morgan fingerprint density at radius 1 is 1.47 bits per heavy atom. The Morgan fingerprint density at radius 3 is 2.74 bits per heavy atom. The zero-order valence-corrected chi connectivity index (χ0v) is 10.8. The van der Waals surface area contributed by atoms with Crippen molar-refractivity contribution in [1.29, 1.82) is 0 Å². The molecule has 0 heterocycles. The van der Waals surface area contributed by atoms with Crippen molar-refractivity contribution in [2.75, 3.05) is 13.7 Å². The monoisotopic (exact) mass is 269 g/mol. The molecule has 1 atom stereocenters. The summed E-state index contributed by atoms with van der Waals surface area (Å²) in [6.07, 6.45) is 0.333. The third-order valence-corrected chi connectivity index (χ3v) is 2.70. The molecule has 0 aliphatic rings. The van der Waals surface area contributed by atoms with Gasteiger partial charge in [0.1, 0.15) is 0 Å². The summed E-state index contributed by atoms with van der Waals surface area (Å²) in [6.45, 7) is 1.81. The van der Waals surface area contributed by atoms with Gasteiger partial charge in [0.25, 0.3) is 5.91 Å². The predicted octanol–water partition coefficient (Wildman–Crippen LogP) is 1.67. The average Bonchev–Trinajstić information content (AvgIpc) is 2.38. The summed E-state index contributed by atoms with van der Waals surface area (Å²) in [4.78, 5) is 22.3. The van der Waals surface area contributed by atoms with Gasteiger partial charge in [-0.15, -0.1) is 0 Å². The molecule has 1 rings (SSSR count). The molecule has 0 saturated carbocycles. The number of ether oxygens (including phenoxy) is 1. The molecule has 0 aliphatic heterocycles. The van der Waals surface area contributed by atoms with Crippen LogP contribution in [0.3, 0.4) is 0 Å². The van der Waals surface area contributed by atoms with Gasteiger partial charge >= 0.3 is 5.97 Å². The van der Waals surface area contributed by atoms with Gasteiger partial charge in [-0.1, -0.05) is 6.92 Å². The van der Waals surface area contributed by atoms with Crippen LogP contribution in [0.4, 0.5) is 4.39 Å². The van der Waals surface area contributed by atoms with Crippen LogP contribution in [0.25, 0.3) is 0 Å². The summed E-state index contributed by atoms with van der Waals surface area (Å²) in [6, 6.07) is 3.78. The molecule has 1 aromatic rings. The van der Waals surface area contributed by atoms with Crippen LogP contribution in [0.15, 0.2) is 18.2 Å². The number of nitrogens with one attached hydrogen (secondary N) is 1. The molecular weight excluding hydrogens is 253 g/mol. The number of amides is 1. The van der Waals surface area contributed by atoms with Crippen LogP contribution in [0.1, 0.15) is 23.7 Å². The van der Waals surface area contributed by atoms with Gasteiger partial charge in [-0.25, -0.2) is 4.39 Å². The van der Waals surface area contributed by atoms with E-state index in [1.54, 1.807) is 6.92 Å². The van der Waals surface area contributed by atoms with E-state index in [9.17, 15) is 14.0 Å². The predicted molar refractivity (Wildman–Crippen MR) is 66.7 cm³/mol. The van der Waals surface area contributed by atoms with Crippen molar-refractivity contribution in [2.24, 2.45) is 5.92 Å². The van der Waals surface area contributed by atoms with Gasteiger partial charge in [-0.05, 0) is 24.6 Å². The zero-order chi connectivity index (χ0) is 14.4. The van der Waals surface area contributed by atoms with Gasteiger partial charge in [0.05, 0.1) is 13.0 Å². The minimum atomic E-state index is -0.905. The molecule has 1 amide bonds. The third-order valence-electron chi connectivity index (χ3n) is 2.70. The van der Waals surface area contributed by atoms with Crippen molar-refractivity contribution in [2.45, 2.75) is 13.3 Å². The van der Waals surface area contributed by atoms with E-state index < -0.39 is 23.6 Å². The van der Waals surface area contributed by atoms with Crippen LogP contribution in [-0.2, 0) is 4.79 Å². The van der Waals surface area contributed by atoms with Crippen molar-refractivity contribution >= 4 is 11.9 Å².